The van der Waals surface area contributed by atoms with E-state index in [0.717, 1.165) is 17.8 Å². The van der Waals surface area contributed by atoms with Crippen LogP contribution in [0.25, 0.3) is 0 Å². The Morgan fingerprint density at radius 1 is 1.10 bits per heavy atom. The number of anilines is 1. The Morgan fingerprint density at radius 2 is 1.77 bits per heavy atom. The Morgan fingerprint density at radius 3 is 2.39 bits per heavy atom. The summed E-state index contributed by atoms with van der Waals surface area (Å²) < 4.78 is 5.20. The van der Waals surface area contributed by atoms with Crippen LogP contribution in [0.3, 0.4) is 0 Å². The number of benzene rings is 1. The quantitative estimate of drug-likeness (QED) is 0.163. The molecule has 0 saturated carbocycles. The number of carbonyl (C=O) groups excluding carboxylic acids is 2. The number of nitrogens with one attached hydrogen (secondary N) is 4. The zero-order valence-corrected chi connectivity index (χ0v) is 21.8. The van der Waals surface area contributed by atoms with Crippen molar-refractivity contribution < 1.29 is 14.3 Å². The summed E-state index contributed by atoms with van der Waals surface area (Å²) in [6.07, 6.45) is 0.0522. The lowest BCUT2D eigenvalue weighted by molar-refractivity contribution is -0.116. The highest BCUT2D eigenvalue weighted by Gasteiger charge is 2.15. The first kappa shape index (κ1) is 29.0. The normalized spacial score (nSPS) is 11.4. The number of hydrogen-bond donors (Lipinski definition) is 4. The highest BCUT2D eigenvalue weighted by atomic mass is 127. The molecule has 1 aromatic carbocycles. The predicted octanol–water partition coefficient (Wildman–Crippen LogP) is 3.87. The van der Waals surface area contributed by atoms with Crippen LogP contribution < -0.4 is 21.3 Å². The number of rotatable bonds is 9. The van der Waals surface area contributed by atoms with Gasteiger partial charge < -0.3 is 26.0 Å². The third-order valence-corrected chi connectivity index (χ3v) is 3.65. The molecule has 176 valence electrons. The molecule has 1 rings (SSSR count). The van der Waals surface area contributed by atoms with Crippen LogP contribution in [0.15, 0.2) is 29.3 Å². The Hall–Kier alpha value is -2.04. The Kier molecular flexibility index (Phi) is 13.9. The SMILES string of the molecule is CCNC(=NCc1cccc(NC(=O)CC(C)C)c1)NCCNC(=O)OC(C)(C)C.I. The molecule has 8 nitrogen and oxygen atoms in total. The highest BCUT2D eigenvalue weighted by molar-refractivity contribution is 14.0. The maximum Gasteiger partial charge on any atom is 0.407 e. The first-order valence-corrected chi connectivity index (χ1v) is 10.5. The molecular weight excluding hydrogens is 509 g/mol. The van der Waals surface area contributed by atoms with Gasteiger partial charge in [0.1, 0.15) is 5.60 Å². The van der Waals surface area contributed by atoms with Gasteiger partial charge in [-0.15, -0.1) is 24.0 Å². The molecular formula is C22H38IN5O3. The Balaban J connectivity index is 0.00000900. The molecule has 0 bridgehead atoms. The fourth-order valence-corrected chi connectivity index (χ4v) is 2.50. The van der Waals surface area contributed by atoms with Crippen molar-refractivity contribution in [3.63, 3.8) is 0 Å². The summed E-state index contributed by atoms with van der Waals surface area (Å²) in [5.41, 5.74) is 1.24. The van der Waals surface area contributed by atoms with E-state index in [4.69, 9.17) is 4.74 Å². The van der Waals surface area contributed by atoms with Gasteiger partial charge in [0.2, 0.25) is 5.91 Å². The van der Waals surface area contributed by atoms with Crippen molar-refractivity contribution >= 4 is 47.6 Å². The minimum absolute atomic E-state index is 0. The van der Waals surface area contributed by atoms with Gasteiger partial charge in [0, 0.05) is 31.7 Å². The van der Waals surface area contributed by atoms with Crippen molar-refractivity contribution in [2.75, 3.05) is 25.0 Å². The summed E-state index contributed by atoms with van der Waals surface area (Å²) in [5.74, 6) is 0.979. The summed E-state index contributed by atoms with van der Waals surface area (Å²) >= 11 is 0. The van der Waals surface area contributed by atoms with Crippen LogP contribution in [0.5, 0.6) is 0 Å². The second-order valence-corrected chi connectivity index (χ2v) is 8.40. The summed E-state index contributed by atoms with van der Waals surface area (Å²) in [6, 6.07) is 7.67. The van der Waals surface area contributed by atoms with Crippen molar-refractivity contribution in [3.8, 4) is 0 Å². The molecule has 1 aromatic rings. The van der Waals surface area contributed by atoms with Gasteiger partial charge >= 0.3 is 6.09 Å². The first-order valence-electron chi connectivity index (χ1n) is 10.5. The number of halogens is 1. The van der Waals surface area contributed by atoms with E-state index in [2.05, 4.69) is 26.3 Å². The number of amides is 2. The predicted molar refractivity (Wildman–Crippen MR) is 137 cm³/mol. The lowest BCUT2D eigenvalue weighted by Crippen LogP contribution is -2.42. The van der Waals surface area contributed by atoms with Gasteiger partial charge in [0.15, 0.2) is 5.96 Å². The number of guanidine groups is 1. The summed E-state index contributed by atoms with van der Waals surface area (Å²) in [6.45, 7) is 13.6. The summed E-state index contributed by atoms with van der Waals surface area (Å²) in [4.78, 5) is 28.2. The van der Waals surface area contributed by atoms with Crippen LogP contribution in [0, 0.1) is 5.92 Å². The number of carbonyl (C=O) groups is 2. The van der Waals surface area contributed by atoms with Crippen molar-refractivity contribution in [1.82, 2.24) is 16.0 Å². The summed E-state index contributed by atoms with van der Waals surface area (Å²) in [5, 5.41) is 12.0. The van der Waals surface area contributed by atoms with Crippen LogP contribution in [0.2, 0.25) is 0 Å². The molecule has 0 radical (unpaired) electrons. The van der Waals surface area contributed by atoms with Gasteiger partial charge in [-0.3, -0.25) is 4.79 Å². The van der Waals surface area contributed by atoms with E-state index < -0.39 is 11.7 Å². The van der Waals surface area contributed by atoms with Crippen LogP contribution in [0.4, 0.5) is 10.5 Å². The molecule has 0 saturated heterocycles. The molecule has 0 aromatic heterocycles. The van der Waals surface area contributed by atoms with Gasteiger partial charge in [-0.2, -0.15) is 0 Å². The molecule has 9 heteroatoms. The number of hydrogen-bond acceptors (Lipinski definition) is 4. The molecule has 2 amide bonds. The minimum Gasteiger partial charge on any atom is -0.444 e. The van der Waals surface area contributed by atoms with E-state index >= 15 is 0 Å². The summed E-state index contributed by atoms with van der Waals surface area (Å²) in [7, 11) is 0. The third kappa shape index (κ3) is 14.6. The lowest BCUT2D eigenvalue weighted by atomic mass is 10.1. The standard InChI is InChI=1S/C22H37N5O3.HI/c1-7-23-20(24-11-12-25-21(29)30-22(4,5)6)26-15-17-9-8-10-18(14-17)27-19(28)13-16(2)3;/h8-10,14,16H,7,11-13,15H2,1-6H3,(H,25,29)(H,27,28)(H2,23,24,26);1H. The minimum atomic E-state index is -0.517. The molecule has 31 heavy (non-hydrogen) atoms. The highest BCUT2D eigenvalue weighted by Crippen LogP contribution is 2.13. The van der Waals surface area contributed by atoms with Crippen molar-refractivity contribution in [2.24, 2.45) is 10.9 Å². The topological polar surface area (TPSA) is 104 Å². The maximum atomic E-state index is 12.0. The number of nitrogens with zero attached hydrogens (tertiary/aromatic N) is 1. The lowest BCUT2D eigenvalue weighted by Gasteiger charge is -2.19. The molecule has 0 fully saturated rings. The van der Waals surface area contributed by atoms with Crippen LogP contribution >= 0.6 is 24.0 Å². The average molecular weight is 547 g/mol. The van der Waals surface area contributed by atoms with Crippen molar-refractivity contribution in [2.45, 2.75) is 60.1 Å². The molecule has 0 atom stereocenters. The fourth-order valence-electron chi connectivity index (χ4n) is 2.50. The number of ether oxygens (including phenoxy) is 1. The third-order valence-electron chi connectivity index (χ3n) is 3.65. The van der Waals surface area contributed by atoms with E-state index in [1.165, 1.54) is 0 Å². The van der Waals surface area contributed by atoms with Gasteiger partial charge in [0.05, 0.1) is 6.54 Å². The second-order valence-electron chi connectivity index (χ2n) is 8.40. The molecule has 0 aliphatic carbocycles. The molecule has 0 unspecified atom stereocenters. The van der Waals surface area contributed by atoms with Crippen molar-refractivity contribution in [1.29, 1.82) is 0 Å². The van der Waals surface area contributed by atoms with E-state index in [1.54, 1.807) is 0 Å². The maximum absolute atomic E-state index is 12.0. The van der Waals surface area contributed by atoms with Gasteiger partial charge in [-0.1, -0.05) is 26.0 Å². The number of aliphatic imine (C=N–C) groups is 1. The van der Waals surface area contributed by atoms with Crippen LogP contribution in [-0.2, 0) is 16.1 Å². The Bertz CT molecular complexity index is 717. The van der Waals surface area contributed by atoms with Gasteiger partial charge in [0.25, 0.3) is 0 Å². The second kappa shape index (κ2) is 14.9. The van der Waals surface area contributed by atoms with Crippen LogP contribution in [0.1, 0.15) is 53.5 Å². The molecule has 0 spiro atoms. The van der Waals surface area contributed by atoms with Crippen LogP contribution in [-0.4, -0.2) is 43.2 Å². The largest absolute Gasteiger partial charge is 0.444 e. The van der Waals surface area contributed by atoms with E-state index in [0.29, 0.717) is 37.9 Å². The molecule has 0 heterocycles. The van der Waals surface area contributed by atoms with E-state index in [9.17, 15) is 9.59 Å². The molecule has 4 N–H and O–H groups in total. The molecule has 0 aliphatic heterocycles. The number of alkyl carbamates (subject to hydrolysis) is 1. The molecule has 0 aliphatic rings. The average Bonchev–Trinajstić information content (AvgIpc) is 2.61. The van der Waals surface area contributed by atoms with Gasteiger partial charge in [-0.25, -0.2) is 9.79 Å². The Labute approximate surface area is 203 Å². The zero-order chi connectivity index (χ0) is 22.6. The first-order chi connectivity index (χ1) is 14.1. The zero-order valence-electron chi connectivity index (χ0n) is 19.5. The smallest absolute Gasteiger partial charge is 0.407 e. The van der Waals surface area contributed by atoms with E-state index in [-0.39, 0.29) is 29.9 Å². The van der Waals surface area contributed by atoms with E-state index in [1.807, 2.05) is 65.8 Å². The fraction of sp³-hybridized carbons (Fsp3) is 0.591. The van der Waals surface area contributed by atoms with Gasteiger partial charge in [-0.05, 0) is 51.3 Å². The monoisotopic (exact) mass is 547 g/mol. The van der Waals surface area contributed by atoms with Crippen molar-refractivity contribution in [3.05, 3.63) is 29.8 Å².